The van der Waals surface area contributed by atoms with Crippen LogP contribution in [-0.4, -0.2) is 19.2 Å². The maximum atomic E-state index is 12.8. The van der Waals surface area contributed by atoms with Crippen LogP contribution < -0.4 is 10.2 Å². The standard InChI is InChI=1S/C23H22N2O2/c1-27-21-14-12-18(13-15-21)16-22(20-10-6-3-7-11-20)23(26)25-24-17-19-8-4-2-5-9-19/h2-15,17,22H,16H2,1H3,(H,25,26)/b24-17+. The summed E-state index contributed by atoms with van der Waals surface area (Å²) in [5.41, 5.74) is 5.63. The number of benzene rings is 3. The van der Waals surface area contributed by atoms with E-state index in [1.807, 2.05) is 84.9 Å². The molecule has 1 unspecified atom stereocenters. The third-order valence-corrected chi connectivity index (χ3v) is 4.31. The molecule has 0 aliphatic carbocycles. The van der Waals surface area contributed by atoms with Crippen LogP contribution in [0.4, 0.5) is 0 Å². The average molecular weight is 358 g/mol. The van der Waals surface area contributed by atoms with Crippen LogP contribution in [-0.2, 0) is 11.2 Å². The van der Waals surface area contributed by atoms with Crippen LogP contribution in [0, 0.1) is 0 Å². The smallest absolute Gasteiger partial charge is 0.247 e. The van der Waals surface area contributed by atoms with Crippen molar-refractivity contribution in [3.63, 3.8) is 0 Å². The van der Waals surface area contributed by atoms with Crippen molar-refractivity contribution >= 4 is 12.1 Å². The fraction of sp³-hybridized carbons (Fsp3) is 0.130. The average Bonchev–Trinajstić information content (AvgIpc) is 2.74. The van der Waals surface area contributed by atoms with Crippen molar-refractivity contribution < 1.29 is 9.53 Å². The number of amides is 1. The van der Waals surface area contributed by atoms with Gasteiger partial charge in [0.15, 0.2) is 0 Å². The van der Waals surface area contributed by atoms with Gasteiger partial charge in [-0.1, -0.05) is 72.8 Å². The van der Waals surface area contributed by atoms with Gasteiger partial charge in [0.1, 0.15) is 5.75 Å². The van der Waals surface area contributed by atoms with Crippen LogP contribution in [0.3, 0.4) is 0 Å². The van der Waals surface area contributed by atoms with E-state index in [1.54, 1.807) is 13.3 Å². The molecular formula is C23H22N2O2. The second kappa shape index (κ2) is 9.34. The third kappa shape index (κ3) is 5.28. The predicted octanol–water partition coefficient (Wildman–Crippen LogP) is 4.17. The van der Waals surface area contributed by atoms with Crippen LogP contribution in [0.25, 0.3) is 0 Å². The topological polar surface area (TPSA) is 50.7 Å². The Labute approximate surface area is 159 Å². The van der Waals surface area contributed by atoms with Gasteiger partial charge in [-0.25, -0.2) is 5.43 Å². The minimum atomic E-state index is -0.326. The molecular weight excluding hydrogens is 336 g/mol. The van der Waals surface area contributed by atoms with Gasteiger partial charge in [-0.15, -0.1) is 0 Å². The van der Waals surface area contributed by atoms with Crippen LogP contribution >= 0.6 is 0 Å². The first-order valence-corrected chi connectivity index (χ1v) is 8.82. The Morgan fingerprint density at radius 3 is 2.22 bits per heavy atom. The molecule has 0 bridgehead atoms. The van der Waals surface area contributed by atoms with E-state index in [0.29, 0.717) is 6.42 Å². The molecule has 0 aromatic heterocycles. The van der Waals surface area contributed by atoms with E-state index < -0.39 is 0 Å². The lowest BCUT2D eigenvalue weighted by atomic mass is 9.91. The maximum absolute atomic E-state index is 12.8. The first kappa shape index (κ1) is 18.4. The minimum absolute atomic E-state index is 0.135. The molecule has 1 amide bonds. The summed E-state index contributed by atoms with van der Waals surface area (Å²) in [4.78, 5) is 12.8. The van der Waals surface area contributed by atoms with E-state index in [4.69, 9.17) is 4.74 Å². The molecule has 3 aromatic carbocycles. The van der Waals surface area contributed by atoms with E-state index in [2.05, 4.69) is 10.5 Å². The lowest BCUT2D eigenvalue weighted by Gasteiger charge is -2.16. The zero-order valence-corrected chi connectivity index (χ0v) is 15.2. The second-order valence-corrected chi connectivity index (χ2v) is 6.16. The Morgan fingerprint density at radius 1 is 0.963 bits per heavy atom. The summed E-state index contributed by atoms with van der Waals surface area (Å²) in [5.74, 6) is 0.337. The molecule has 0 radical (unpaired) electrons. The van der Waals surface area contributed by atoms with E-state index in [0.717, 1.165) is 22.4 Å². The van der Waals surface area contributed by atoms with Crippen molar-refractivity contribution in [2.24, 2.45) is 5.10 Å². The molecule has 3 rings (SSSR count). The summed E-state index contributed by atoms with van der Waals surface area (Å²) in [6.45, 7) is 0. The number of ether oxygens (including phenoxy) is 1. The molecule has 0 spiro atoms. The lowest BCUT2D eigenvalue weighted by Crippen LogP contribution is -2.27. The summed E-state index contributed by atoms with van der Waals surface area (Å²) >= 11 is 0. The van der Waals surface area contributed by atoms with Gasteiger partial charge >= 0.3 is 0 Å². The molecule has 4 nitrogen and oxygen atoms in total. The number of nitrogens with zero attached hydrogens (tertiary/aromatic N) is 1. The number of hydrogen-bond acceptors (Lipinski definition) is 3. The van der Waals surface area contributed by atoms with Gasteiger partial charge in [0, 0.05) is 0 Å². The molecule has 0 fully saturated rings. The van der Waals surface area contributed by atoms with Crippen molar-refractivity contribution in [3.8, 4) is 5.75 Å². The molecule has 27 heavy (non-hydrogen) atoms. The van der Waals surface area contributed by atoms with Gasteiger partial charge in [0.25, 0.3) is 0 Å². The van der Waals surface area contributed by atoms with Gasteiger partial charge in [-0.3, -0.25) is 4.79 Å². The molecule has 1 N–H and O–H groups in total. The highest BCUT2D eigenvalue weighted by Gasteiger charge is 2.20. The predicted molar refractivity (Wildman–Crippen MR) is 108 cm³/mol. The van der Waals surface area contributed by atoms with Crippen molar-refractivity contribution in [1.82, 2.24) is 5.43 Å². The summed E-state index contributed by atoms with van der Waals surface area (Å²) in [7, 11) is 1.64. The second-order valence-electron chi connectivity index (χ2n) is 6.16. The van der Waals surface area contributed by atoms with Gasteiger partial charge in [-0.2, -0.15) is 5.10 Å². The number of methoxy groups -OCH3 is 1. The Hall–Kier alpha value is -3.40. The van der Waals surface area contributed by atoms with E-state index >= 15 is 0 Å². The number of rotatable bonds is 7. The van der Waals surface area contributed by atoms with Gasteiger partial charge in [0.2, 0.25) is 5.91 Å². The molecule has 0 aliphatic heterocycles. The quantitative estimate of drug-likeness (QED) is 0.509. The fourth-order valence-corrected chi connectivity index (χ4v) is 2.83. The molecule has 0 saturated heterocycles. The monoisotopic (exact) mass is 358 g/mol. The normalized spacial score (nSPS) is 11.9. The Balaban J connectivity index is 1.74. The van der Waals surface area contributed by atoms with Crippen LogP contribution in [0.2, 0.25) is 0 Å². The van der Waals surface area contributed by atoms with Crippen LogP contribution in [0.15, 0.2) is 90.0 Å². The number of carbonyl (C=O) groups is 1. The number of carbonyl (C=O) groups excluding carboxylic acids is 1. The summed E-state index contributed by atoms with van der Waals surface area (Å²) in [6.07, 6.45) is 2.23. The number of hydrogen-bond donors (Lipinski definition) is 1. The molecule has 0 saturated carbocycles. The summed E-state index contributed by atoms with van der Waals surface area (Å²) in [6, 6.07) is 27.2. The Bertz CT molecular complexity index is 875. The highest BCUT2D eigenvalue weighted by atomic mass is 16.5. The van der Waals surface area contributed by atoms with Crippen molar-refractivity contribution in [2.75, 3.05) is 7.11 Å². The maximum Gasteiger partial charge on any atom is 0.247 e. The van der Waals surface area contributed by atoms with Crippen molar-refractivity contribution in [1.29, 1.82) is 0 Å². The first-order valence-electron chi connectivity index (χ1n) is 8.82. The highest BCUT2D eigenvalue weighted by Crippen LogP contribution is 2.22. The molecule has 0 aliphatic rings. The fourth-order valence-electron chi connectivity index (χ4n) is 2.83. The zero-order chi connectivity index (χ0) is 18.9. The molecule has 1 atom stereocenters. The SMILES string of the molecule is COc1ccc(CC(C(=O)N/N=C/c2ccccc2)c2ccccc2)cc1. The van der Waals surface area contributed by atoms with Gasteiger partial charge < -0.3 is 4.74 Å². The number of hydrazone groups is 1. The van der Waals surface area contributed by atoms with Gasteiger partial charge in [-0.05, 0) is 35.2 Å². The Kier molecular flexibility index (Phi) is 6.36. The summed E-state index contributed by atoms with van der Waals surface area (Å²) < 4.78 is 5.20. The zero-order valence-electron chi connectivity index (χ0n) is 15.2. The van der Waals surface area contributed by atoms with Crippen LogP contribution in [0.5, 0.6) is 5.75 Å². The molecule has 0 heterocycles. The van der Waals surface area contributed by atoms with E-state index in [-0.39, 0.29) is 11.8 Å². The first-order chi connectivity index (χ1) is 13.3. The highest BCUT2D eigenvalue weighted by molar-refractivity contribution is 5.86. The van der Waals surface area contributed by atoms with E-state index in [1.165, 1.54) is 0 Å². The van der Waals surface area contributed by atoms with E-state index in [9.17, 15) is 4.79 Å². The Morgan fingerprint density at radius 2 is 1.59 bits per heavy atom. The molecule has 136 valence electrons. The number of nitrogens with one attached hydrogen (secondary N) is 1. The largest absolute Gasteiger partial charge is 0.497 e. The van der Waals surface area contributed by atoms with Crippen molar-refractivity contribution in [3.05, 3.63) is 102 Å². The summed E-state index contributed by atoms with van der Waals surface area (Å²) in [5, 5.41) is 4.11. The van der Waals surface area contributed by atoms with Crippen molar-refractivity contribution in [2.45, 2.75) is 12.3 Å². The van der Waals surface area contributed by atoms with Gasteiger partial charge in [0.05, 0.1) is 19.2 Å². The minimum Gasteiger partial charge on any atom is -0.497 e. The lowest BCUT2D eigenvalue weighted by molar-refractivity contribution is -0.122. The van der Waals surface area contributed by atoms with Crippen LogP contribution in [0.1, 0.15) is 22.6 Å². The molecule has 3 aromatic rings. The molecule has 4 heteroatoms. The third-order valence-electron chi connectivity index (χ3n) is 4.31.